The van der Waals surface area contributed by atoms with Gasteiger partial charge in [-0.2, -0.15) is 18.3 Å². The number of hydrogen-bond acceptors (Lipinski definition) is 8. The molecule has 3 aromatic heterocycles. The highest BCUT2D eigenvalue weighted by Crippen LogP contribution is 2.38. The Labute approximate surface area is 243 Å². The molecule has 4 aromatic rings. The predicted molar refractivity (Wildman–Crippen MR) is 150 cm³/mol. The van der Waals surface area contributed by atoms with Crippen LogP contribution in [0.2, 0.25) is 0 Å². The van der Waals surface area contributed by atoms with E-state index in [1.807, 2.05) is 12.4 Å². The van der Waals surface area contributed by atoms with Gasteiger partial charge in [0, 0.05) is 48.9 Å². The first kappa shape index (κ1) is 27.0. The molecule has 42 heavy (non-hydrogen) atoms. The van der Waals surface area contributed by atoms with Gasteiger partial charge in [0.1, 0.15) is 17.0 Å². The van der Waals surface area contributed by atoms with E-state index in [1.54, 1.807) is 35.0 Å². The number of halogens is 3. The third kappa shape index (κ3) is 5.04. The molecule has 2 amide bonds. The molecule has 0 spiro atoms. The zero-order valence-corrected chi connectivity index (χ0v) is 23.4. The van der Waals surface area contributed by atoms with Gasteiger partial charge in [0.05, 0.1) is 35.7 Å². The summed E-state index contributed by atoms with van der Waals surface area (Å²) in [6.45, 7) is 3.97. The van der Waals surface area contributed by atoms with E-state index < -0.39 is 12.6 Å². The summed E-state index contributed by atoms with van der Waals surface area (Å²) in [7, 11) is 0. The van der Waals surface area contributed by atoms with Crippen LogP contribution in [0, 0.1) is 5.92 Å². The molecule has 0 bridgehead atoms. The standard InChI is InChI=1S/C29H28F3N7O2S/c30-29(31,32)12-20-11-23-25(33-17-34-26(23)42-20)37-8-6-24-19(16-37)5-7-36(24)14-18-13-35-38(15-18)9-10-39-27(40)21-3-1-2-4-22(21)28(39)41/h1-4,11,13,15,17,19,24H,5-10,12,14,16H2. The summed E-state index contributed by atoms with van der Waals surface area (Å²) in [4.78, 5) is 40.8. The van der Waals surface area contributed by atoms with Crippen LogP contribution in [0.4, 0.5) is 19.0 Å². The van der Waals surface area contributed by atoms with Crippen molar-refractivity contribution in [3.8, 4) is 0 Å². The van der Waals surface area contributed by atoms with Crippen molar-refractivity contribution in [3.05, 3.63) is 70.6 Å². The van der Waals surface area contributed by atoms with Crippen LogP contribution in [0.1, 0.15) is 44.0 Å². The number of hydrogen-bond donors (Lipinski definition) is 0. The van der Waals surface area contributed by atoms with Crippen LogP contribution in [0.5, 0.6) is 0 Å². The molecule has 2 fully saturated rings. The molecule has 3 aliphatic rings. The Balaban J connectivity index is 0.964. The smallest absolute Gasteiger partial charge is 0.356 e. The monoisotopic (exact) mass is 595 g/mol. The van der Waals surface area contributed by atoms with Crippen molar-refractivity contribution in [2.24, 2.45) is 5.92 Å². The first-order chi connectivity index (χ1) is 20.2. The molecule has 2 atom stereocenters. The average molecular weight is 596 g/mol. The lowest BCUT2D eigenvalue weighted by Crippen LogP contribution is -2.46. The van der Waals surface area contributed by atoms with E-state index in [4.69, 9.17) is 0 Å². The average Bonchev–Trinajstić information content (AvgIpc) is 3.73. The number of rotatable bonds is 7. The van der Waals surface area contributed by atoms with Crippen molar-refractivity contribution in [1.29, 1.82) is 0 Å². The third-order valence-electron chi connectivity index (χ3n) is 8.49. The highest BCUT2D eigenvalue weighted by molar-refractivity contribution is 7.18. The van der Waals surface area contributed by atoms with Gasteiger partial charge in [-0.05, 0) is 43.5 Å². The SMILES string of the molecule is O=C1c2ccccc2C(=O)N1CCn1cc(CN2CCC3CN(c4ncnc5sc(CC(F)(F)F)cc45)CCC32)cn1. The number of aromatic nitrogens is 4. The predicted octanol–water partition coefficient (Wildman–Crippen LogP) is 4.39. The van der Waals surface area contributed by atoms with E-state index in [9.17, 15) is 22.8 Å². The molecule has 2 unspecified atom stereocenters. The fraction of sp³-hybridized carbons (Fsp3) is 0.414. The minimum Gasteiger partial charge on any atom is -0.356 e. The van der Waals surface area contributed by atoms with Crippen LogP contribution in [0.25, 0.3) is 10.2 Å². The molecule has 0 radical (unpaired) electrons. The molecule has 2 saturated heterocycles. The summed E-state index contributed by atoms with van der Waals surface area (Å²) in [5.41, 5.74) is 1.97. The maximum atomic E-state index is 13.0. The Morgan fingerprint density at radius 2 is 1.79 bits per heavy atom. The number of nitrogens with zero attached hydrogens (tertiary/aromatic N) is 7. The number of thiophene rings is 1. The summed E-state index contributed by atoms with van der Waals surface area (Å²) in [6, 6.07) is 8.89. The van der Waals surface area contributed by atoms with Crippen molar-refractivity contribution in [2.45, 2.75) is 44.6 Å². The van der Waals surface area contributed by atoms with Crippen LogP contribution in [-0.2, 0) is 19.5 Å². The third-order valence-corrected chi connectivity index (χ3v) is 9.53. The summed E-state index contributed by atoms with van der Waals surface area (Å²) in [6.07, 6.45) is 2.03. The van der Waals surface area contributed by atoms with Gasteiger partial charge in [0.25, 0.3) is 11.8 Å². The molecule has 7 rings (SSSR count). The summed E-state index contributed by atoms with van der Waals surface area (Å²) >= 11 is 1.08. The lowest BCUT2D eigenvalue weighted by atomic mass is 9.92. The van der Waals surface area contributed by atoms with Gasteiger partial charge in [0.2, 0.25) is 0 Å². The number of likely N-dealkylation sites (tertiary alicyclic amines) is 1. The second kappa shape index (κ2) is 10.5. The van der Waals surface area contributed by atoms with E-state index in [0.29, 0.717) is 39.8 Å². The van der Waals surface area contributed by atoms with Crippen LogP contribution >= 0.6 is 11.3 Å². The Bertz CT molecular complexity index is 1630. The zero-order chi connectivity index (χ0) is 29.0. The van der Waals surface area contributed by atoms with Crippen molar-refractivity contribution in [2.75, 3.05) is 31.1 Å². The van der Waals surface area contributed by atoms with Gasteiger partial charge in [-0.15, -0.1) is 11.3 Å². The number of amides is 2. The molecule has 218 valence electrons. The summed E-state index contributed by atoms with van der Waals surface area (Å²) in [5.74, 6) is 0.628. The van der Waals surface area contributed by atoms with Crippen LogP contribution in [0.3, 0.4) is 0 Å². The van der Waals surface area contributed by atoms with Crippen LogP contribution < -0.4 is 4.90 Å². The summed E-state index contributed by atoms with van der Waals surface area (Å²) < 4.78 is 40.7. The molecule has 9 nitrogen and oxygen atoms in total. The molecule has 3 aliphatic heterocycles. The van der Waals surface area contributed by atoms with Crippen LogP contribution in [0.15, 0.2) is 49.1 Å². The second-order valence-electron chi connectivity index (χ2n) is 11.2. The normalized spacial score (nSPS) is 21.0. The topological polar surface area (TPSA) is 87.5 Å². The van der Waals surface area contributed by atoms with E-state index in [2.05, 4.69) is 24.9 Å². The van der Waals surface area contributed by atoms with E-state index in [-0.39, 0.29) is 23.2 Å². The molecule has 0 N–H and O–H groups in total. The van der Waals surface area contributed by atoms with Crippen LogP contribution in [-0.4, -0.2) is 79.8 Å². The van der Waals surface area contributed by atoms with Gasteiger partial charge in [-0.1, -0.05) is 12.1 Å². The van der Waals surface area contributed by atoms with Crippen molar-refractivity contribution in [3.63, 3.8) is 0 Å². The lowest BCUT2D eigenvalue weighted by Gasteiger charge is -2.38. The summed E-state index contributed by atoms with van der Waals surface area (Å²) in [5, 5.41) is 5.17. The molecule has 6 heterocycles. The minimum atomic E-state index is -4.25. The molecule has 1 aromatic carbocycles. The van der Waals surface area contributed by atoms with Gasteiger partial charge < -0.3 is 4.90 Å². The number of benzene rings is 1. The number of fused-ring (bicyclic) bond motifs is 3. The second-order valence-corrected chi connectivity index (χ2v) is 12.3. The van der Waals surface area contributed by atoms with E-state index in [1.165, 1.54) is 11.2 Å². The maximum Gasteiger partial charge on any atom is 0.393 e. The number of imide groups is 1. The first-order valence-corrected chi connectivity index (χ1v) is 14.8. The Kier molecular flexibility index (Phi) is 6.73. The maximum absolute atomic E-state index is 13.0. The Morgan fingerprint density at radius 1 is 1.00 bits per heavy atom. The minimum absolute atomic E-state index is 0.255. The molecule has 0 aliphatic carbocycles. The van der Waals surface area contributed by atoms with Gasteiger partial charge >= 0.3 is 6.18 Å². The van der Waals surface area contributed by atoms with Crippen molar-refractivity contribution >= 4 is 39.2 Å². The quantitative estimate of drug-likeness (QED) is 0.293. The van der Waals surface area contributed by atoms with Crippen molar-refractivity contribution < 1.29 is 22.8 Å². The number of carbonyl (C=O) groups is 2. The molecular weight excluding hydrogens is 567 g/mol. The molecule has 0 saturated carbocycles. The van der Waals surface area contributed by atoms with E-state index in [0.717, 1.165) is 61.7 Å². The van der Waals surface area contributed by atoms with Gasteiger partial charge in [-0.25, -0.2) is 9.97 Å². The number of anilines is 1. The number of carbonyl (C=O) groups excluding carboxylic acids is 2. The molecular formula is C29H28F3N7O2S. The molecule has 13 heteroatoms. The largest absolute Gasteiger partial charge is 0.393 e. The fourth-order valence-electron chi connectivity index (χ4n) is 6.59. The lowest BCUT2D eigenvalue weighted by molar-refractivity contribution is -0.126. The Hall–Kier alpha value is -3.84. The highest BCUT2D eigenvalue weighted by atomic mass is 32.1. The number of alkyl halides is 3. The fourth-order valence-corrected chi connectivity index (χ4v) is 7.61. The van der Waals surface area contributed by atoms with Crippen molar-refractivity contribution in [1.82, 2.24) is 29.5 Å². The highest BCUT2D eigenvalue weighted by Gasteiger charge is 2.39. The van der Waals surface area contributed by atoms with Gasteiger partial charge in [0.15, 0.2) is 0 Å². The Morgan fingerprint density at radius 3 is 2.55 bits per heavy atom. The van der Waals surface area contributed by atoms with Gasteiger partial charge in [-0.3, -0.25) is 24.1 Å². The number of piperidine rings is 1. The van der Waals surface area contributed by atoms with E-state index >= 15 is 0 Å². The first-order valence-electron chi connectivity index (χ1n) is 14.0. The zero-order valence-electron chi connectivity index (χ0n) is 22.6.